The highest BCUT2D eigenvalue weighted by Crippen LogP contribution is 2.19. The Kier molecular flexibility index (Phi) is 8.26. The van der Waals surface area contributed by atoms with Crippen molar-refractivity contribution in [2.75, 3.05) is 6.54 Å². The van der Waals surface area contributed by atoms with Crippen LogP contribution in [-0.2, 0) is 24.4 Å². The van der Waals surface area contributed by atoms with Crippen molar-refractivity contribution in [3.05, 3.63) is 86.6 Å². The van der Waals surface area contributed by atoms with E-state index in [-0.39, 0.29) is 17.6 Å². The molecule has 1 unspecified atom stereocenters. The number of carbonyl (C=O) groups is 2. The standard InChI is InChI=1S/C25H26ClFN4O2S/c26-19-5-3-4-18(12-19)14-31(13-17-7-9-20(27)10-8-17)15-23-29-22(16-34-23)25(33)30-21-6-1-2-11-28-24(21)32/h3-5,7-10,12,16,21H,1-2,6,11,13-15H2,(H,28,32)(H,30,33). The number of nitrogens with zero attached hydrogens (tertiary/aromatic N) is 2. The van der Waals surface area contributed by atoms with E-state index in [1.807, 2.05) is 24.3 Å². The lowest BCUT2D eigenvalue weighted by Crippen LogP contribution is -2.45. The molecule has 0 radical (unpaired) electrons. The van der Waals surface area contributed by atoms with Gasteiger partial charge in [-0.3, -0.25) is 14.5 Å². The van der Waals surface area contributed by atoms with Crippen LogP contribution in [0, 0.1) is 5.82 Å². The molecule has 178 valence electrons. The van der Waals surface area contributed by atoms with Crippen LogP contribution >= 0.6 is 22.9 Å². The largest absolute Gasteiger partial charge is 0.354 e. The first-order valence-corrected chi connectivity index (χ1v) is 12.5. The van der Waals surface area contributed by atoms with Crippen molar-refractivity contribution in [3.8, 4) is 0 Å². The minimum absolute atomic E-state index is 0.145. The fourth-order valence-corrected chi connectivity index (χ4v) is 4.93. The topological polar surface area (TPSA) is 74.3 Å². The molecule has 9 heteroatoms. The summed E-state index contributed by atoms with van der Waals surface area (Å²) in [6.07, 6.45) is 2.42. The molecule has 1 aliphatic rings. The molecule has 34 heavy (non-hydrogen) atoms. The molecule has 4 rings (SSSR count). The summed E-state index contributed by atoms with van der Waals surface area (Å²) in [4.78, 5) is 31.5. The van der Waals surface area contributed by atoms with Gasteiger partial charge < -0.3 is 10.6 Å². The van der Waals surface area contributed by atoms with E-state index < -0.39 is 6.04 Å². The third-order valence-electron chi connectivity index (χ3n) is 5.60. The van der Waals surface area contributed by atoms with Crippen LogP contribution in [0.2, 0.25) is 5.02 Å². The second-order valence-corrected chi connectivity index (χ2v) is 9.72. The highest BCUT2D eigenvalue weighted by atomic mass is 35.5. The molecule has 0 spiro atoms. The maximum Gasteiger partial charge on any atom is 0.271 e. The van der Waals surface area contributed by atoms with Crippen LogP contribution in [0.3, 0.4) is 0 Å². The highest BCUT2D eigenvalue weighted by molar-refractivity contribution is 7.09. The van der Waals surface area contributed by atoms with Gasteiger partial charge in [-0.05, 0) is 54.7 Å². The zero-order valence-corrected chi connectivity index (χ0v) is 20.2. The minimum Gasteiger partial charge on any atom is -0.354 e. The van der Waals surface area contributed by atoms with E-state index in [2.05, 4.69) is 20.5 Å². The smallest absolute Gasteiger partial charge is 0.271 e. The summed E-state index contributed by atoms with van der Waals surface area (Å²) in [5.74, 6) is -0.763. The van der Waals surface area contributed by atoms with Gasteiger partial charge in [0, 0.05) is 30.0 Å². The molecule has 1 aromatic heterocycles. The molecule has 0 bridgehead atoms. The van der Waals surface area contributed by atoms with Crippen LogP contribution in [-0.4, -0.2) is 34.3 Å². The number of halogens is 2. The van der Waals surface area contributed by atoms with Gasteiger partial charge in [0.05, 0.1) is 6.54 Å². The monoisotopic (exact) mass is 500 g/mol. The average Bonchev–Trinajstić information content (AvgIpc) is 3.18. The fourth-order valence-electron chi connectivity index (χ4n) is 3.90. The quantitative estimate of drug-likeness (QED) is 0.476. The first kappa shape index (κ1) is 24.3. The first-order chi connectivity index (χ1) is 16.5. The third kappa shape index (κ3) is 6.85. The van der Waals surface area contributed by atoms with Gasteiger partial charge in [-0.1, -0.05) is 35.9 Å². The molecule has 0 aliphatic carbocycles. The predicted octanol–water partition coefficient (Wildman–Crippen LogP) is 4.54. The average molecular weight is 501 g/mol. The van der Waals surface area contributed by atoms with Crippen molar-refractivity contribution in [1.29, 1.82) is 0 Å². The summed E-state index contributed by atoms with van der Waals surface area (Å²) in [5, 5.41) is 8.79. The fraction of sp³-hybridized carbons (Fsp3) is 0.320. The Morgan fingerprint density at radius 3 is 2.74 bits per heavy atom. The molecule has 1 fully saturated rings. The van der Waals surface area contributed by atoms with Crippen molar-refractivity contribution < 1.29 is 14.0 Å². The van der Waals surface area contributed by atoms with Crippen molar-refractivity contribution in [3.63, 3.8) is 0 Å². The Morgan fingerprint density at radius 1 is 1.15 bits per heavy atom. The zero-order valence-electron chi connectivity index (χ0n) is 18.6. The summed E-state index contributed by atoms with van der Waals surface area (Å²) in [6.45, 7) is 2.34. The number of hydrogen-bond donors (Lipinski definition) is 2. The van der Waals surface area contributed by atoms with Crippen LogP contribution < -0.4 is 10.6 Å². The summed E-state index contributed by atoms with van der Waals surface area (Å²) in [7, 11) is 0. The first-order valence-electron chi connectivity index (χ1n) is 11.2. The van der Waals surface area contributed by atoms with Gasteiger partial charge in [0.15, 0.2) is 0 Å². The van der Waals surface area contributed by atoms with Crippen molar-refractivity contribution in [2.45, 2.75) is 44.9 Å². The number of amides is 2. The summed E-state index contributed by atoms with van der Waals surface area (Å²) >= 11 is 7.56. The van der Waals surface area contributed by atoms with Gasteiger partial charge >= 0.3 is 0 Å². The molecule has 2 heterocycles. The molecule has 1 aliphatic heterocycles. The van der Waals surface area contributed by atoms with Gasteiger partial charge in [0.1, 0.15) is 22.6 Å². The van der Waals surface area contributed by atoms with Crippen LogP contribution in [0.1, 0.15) is 45.9 Å². The molecule has 1 saturated heterocycles. The summed E-state index contributed by atoms with van der Waals surface area (Å²) in [5.41, 5.74) is 2.32. The molecular weight excluding hydrogens is 475 g/mol. The lowest BCUT2D eigenvalue weighted by Gasteiger charge is -2.21. The maximum absolute atomic E-state index is 13.4. The molecule has 2 N–H and O–H groups in total. The van der Waals surface area contributed by atoms with Crippen LogP contribution in [0.15, 0.2) is 53.9 Å². The van der Waals surface area contributed by atoms with Crippen LogP contribution in [0.25, 0.3) is 0 Å². The number of nitrogens with one attached hydrogen (secondary N) is 2. The maximum atomic E-state index is 13.4. The van der Waals surface area contributed by atoms with Gasteiger partial charge in [-0.2, -0.15) is 0 Å². The Hall–Kier alpha value is -2.81. The number of thiazole rings is 1. The Balaban J connectivity index is 1.45. The second kappa shape index (κ2) is 11.6. The van der Waals surface area contributed by atoms with E-state index in [0.717, 1.165) is 29.0 Å². The van der Waals surface area contributed by atoms with E-state index >= 15 is 0 Å². The van der Waals surface area contributed by atoms with E-state index in [1.54, 1.807) is 17.5 Å². The van der Waals surface area contributed by atoms with Crippen molar-refractivity contribution >= 4 is 34.8 Å². The Bertz CT molecular complexity index is 1140. The number of carbonyl (C=O) groups excluding carboxylic acids is 2. The molecule has 0 saturated carbocycles. The van der Waals surface area contributed by atoms with Gasteiger partial charge in [-0.15, -0.1) is 11.3 Å². The van der Waals surface area contributed by atoms with Crippen molar-refractivity contribution in [2.24, 2.45) is 0 Å². The Morgan fingerprint density at radius 2 is 1.94 bits per heavy atom. The number of hydrogen-bond acceptors (Lipinski definition) is 5. The van der Waals surface area contributed by atoms with Crippen molar-refractivity contribution in [1.82, 2.24) is 20.5 Å². The number of aromatic nitrogens is 1. The molecule has 2 amide bonds. The predicted molar refractivity (Wildman–Crippen MR) is 131 cm³/mol. The number of benzene rings is 2. The Labute approximate surface area is 207 Å². The molecule has 3 aromatic rings. The molecular formula is C25H26ClFN4O2S. The van der Waals surface area contributed by atoms with E-state index in [9.17, 15) is 14.0 Å². The lowest BCUT2D eigenvalue weighted by atomic mass is 10.1. The van der Waals surface area contributed by atoms with Crippen LogP contribution in [0.4, 0.5) is 4.39 Å². The van der Waals surface area contributed by atoms with E-state index in [0.29, 0.717) is 43.3 Å². The van der Waals surface area contributed by atoms with Crippen LogP contribution in [0.5, 0.6) is 0 Å². The highest BCUT2D eigenvalue weighted by Gasteiger charge is 2.24. The minimum atomic E-state index is -0.530. The lowest BCUT2D eigenvalue weighted by molar-refractivity contribution is -0.122. The summed E-state index contributed by atoms with van der Waals surface area (Å²) in [6, 6.07) is 13.5. The van der Waals surface area contributed by atoms with Gasteiger partial charge in [0.25, 0.3) is 5.91 Å². The van der Waals surface area contributed by atoms with Gasteiger partial charge in [0.2, 0.25) is 5.91 Å². The summed E-state index contributed by atoms with van der Waals surface area (Å²) < 4.78 is 13.4. The van der Waals surface area contributed by atoms with E-state index in [4.69, 9.17) is 11.6 Å². The second-order valence-electron chi connectivity index (χ2n) is 8.34. The SMILES string of the molecule is O=C(NC1CCCCNC1=O)c1csc(CN(Cc2ccc(F)cc2)Cc2cccc(Cl)c2)n1. The molecule has 1 atom stereocenters. The third-order valence-corrected chi connectivity index (χ3v) is 6.67. The normalized spacial score (nSPS) is 16.2. The van der Waals surface area contributed by atoms with E-state index in [1.165, 1.54) is 23.5 Å². The number of rotatable bonds is 8. The zero-order chi connectivity index (χ0) is 23.9. The van der Waals surface area contributed by atoms with Gasteiger partial charge in [-0.25, -0.2) is 9.37 Å². The molecule has 2 aromatic carbocycles. The molecule has 6 nitrogen and oxygen atoms in total.